The minimum Gasteiger partial charge on any atom is -0.321 e. The number of Topliss-reactive ketones (excluding diaryl/α,β-unsaturated/α-hetero) is 1. The number of fused-ring (bicyclic) bond motifs is 1. The average Bonchev–Trinajstić information content (AvgIpc) is 2.35. The Morgan fingerprint density at radius 3 is 2.67 bits per heavy atom. The number of carbonyl (C=O) groups is 1. The molecule has 0 aliphatic rings. The Labute approximate surface area is 107 Å². The van der Waals surface area contributed by atoms with Gasteiger partial charge in [0.15, 0.2) is 5.78 Å². The van der Waals surface area contributed by atoms with Crippen molar-refractivity contribution in [1.82, 2.24) is 4.98 Å². The lowest BCUT2D eigenvalue weighted by Gasteiger charge is -2.25. The van der Waals surface area contributed by atoms with Crippen molar-refractivity contribution in [2.24, 2.45) is 11.1 Å². The second-order valence-corrected chi connectivity index (χ2v) is 5.62. The van der Waals surface area contributed by atoms with Crippen LogP contribution in [0.25, 0.3) is 10.9 Å². The highest BCUT2D eigenvalue weighted by Crippen LogP contribution is 2.22. The summed E-state index contributed by atoms with van der Waals surface area (Å²) < 4.78 is 0. The molecular formula is C15H18N2O. The Balaban J connectivity index is 2.40. The molecule has 2 aromatic rings. The van der Waals surface area contributed by atoms with Crippen LogP contribution in [0.4, 0.5) is 0 Å². The summed E-state index contributed by atoms with van der Waals surface area (Å²) >= 11 is 0. The molecule has 1 aromatic carbocycles. The number of hydrogen-bond donors (Lipinski definition) is 1. The van der Waals surface area contributed by atoms with Crippen molar-refractivity contribution in [3.8, 4) is 0 Å². The van der Waals surface area contributed by atoms with Crippen LogP contribution in [-0.4, -0.2) is 16.8 Å². The van der Waals surface area contributed by atoms with Crippen molar-refractivity contribution in [3.63, 3.8) is 0 Å². The number of benzene rings is 1. The van der Waals surface area contributed by atoms with Crippen molar-refractivity contribution < 1.29 is 4.79 Å². The van der Waals surface area contributed by atoms with E-state index in [1.54, 1.807) is 12.3 Å². The number of rotatable bonds is 2. The molecular weight excluding hydrogens is 224 g/mol. The van der Waals surface area contributed by atoms with E-state index in [9.17, 15) is 4.79 Å². The highest BCUT2D eigenvalue weighted by atomic mass is 16.1. The zero-order valence-corrected chi connectivity index (χ0v) is 11.0. The summed E-state index contributed by atoms with van der Waals surface area (Å²) in [6.45, 7) is 5.91. The summed E-state index contributed by atoms with van der Waals surface area (Å²) in [5.41, 5.74) is 7.31. The molecule has 0 saturated heterocycles. The Morgan fingerprint density at radius 2 is 2.00 bits per heavy atom. The van der Waals surface area contributed by atoms with Crippen molar-refractivity contribution in [2.75, 3.05) is 0 Å². The van der Waals surface area contributed by atoms with Gasteiger partial charge < -0.3 is 5.73 Å². The smallest absolute Gasteiger partial charge is 0.180 e. The summed E-state index contributed by atoms with van der Waals surface area (Å²) in [7, 11) is 0. The summed E-state index contributed by atoms with van der Waals surface area (Å²) in [5.74, 6) is -0.0201. The fourth-order valence-electron chi connectivity index (χ4n) is 1.80. The number of hydrogen-bond acceptors (Lipinski definition) is 3. The van der Waals surface area contributed by atoms with E-state index in [0.717, 1.165) is 10.9 Å². The summed E-state index contributed by atoms with van der Waals surface area (Å²) in [5, 5.41) is 0.962. The van der Waals surface area contributed by atoms with Crippen LogP contribution in [0.15, 0.2) is 36.5 Å². The molecule has 94 valence electrons. The van der Waals surface area contributed by atoms with Gasteiger partial charge in [-0.1, -0.05) is 26.8 Å². The van der Waals surface area contributed by atoms with E-state index >= 15 is 0 Å². The van der Waals surface area contributed by atoms with Gasteiger partial charge in [-0.05, 0) is 29.7 Å². The number of ketones is 1. The van der Waals surface area contributed by atoms with Gasteiger partial charge in [-0.15, -0.1) is 0 Å². The van der Waals surface area contributed by atoms with Gasteiger partial charge in [-0.2, -0.15) is 0 Å². The van der Waals surface area contributed by atoms with Crippen LogP contribution in [0.5, 0.6) is 0 Å². The van der Waals surface area contributed by atoms with Crippen LogP contribution < -0.4 is 5.73 Å². The second-order valence-electron chi connectivity index (χ2n) is 5.62. The van der Waals surface area contributed by atoms with Gasteiger partial charge in [0.05, 0.1) is 11.6 Å². The molecule has 0 aliphatic heterocycles. The van der Waals surface area contributed by atoms with Crippen LogP contribution in [0.1, 0.15) is 31.1 Å². The van der Waals surface area contributed by atoms with E-state index in [0.29, 0.717) is 5.56 Å². The fraction of sp³-hybridized carbons (Fsp3) is 0.333. The van der Waals surface area contributed by atoms with E-state index in [2.05, 4.69) is 4.98 Å². The summed E-state index contributed by atoms with van der Waals surface area (Å²) in [4.78, 5) is 16.5. The summed E-state index contributed by atoms with van der Waals surface area (Å²) in [6, 6.07) is 8.83. The molecule has 2 N–H and O–H groups in total. The third-order valence-corrected chi connectivity index (χ3v) is 3.10. The van der Waals surface area contributed by atoms with Crippen molar-refractivity contribution >= 4 is 16.7 Å². The molecule has 1 unspecified atom stereocenters. The molecule has 3 heteroatoms. The third-order valence-electron chi connectivity index (χ3n) is 3.10. The quantitative estimate of drug-likeness (QED) is 0.824. The van der Waals surface area contributed by atoms with Crippen LogP contribution in [0.2, 0.25) is 0 Å². The molecule has 0 amide bonds. The standard InChI is InChI=1S/C15H18N2O/c1-15(2,3)14(16)13(18)11-6-7-12-10(9-11)5-4-8-17-12/h4-9,14H,16H2,1-3H3. The van der Waals surface area contributed by atoms with E-state index in [-0.39, 0.29) is 11.2 Å². The maximum absolute atomic E-state index is 12.3. The van der Waals surface area contributed by atoms with E-state index in [1.165, 1.54) is 0 Å². The molecule has 0 radical (unpaired) electrons. The van der Waals surface area contributed by atoms with Crippen LogP contribution >= 0.6 is 0 Å². The number of carbonyl (C=O) groups excluding carboxylic acids is 1. The van der Waals surface area contributed by atoms with Gasteiger partial charge in [0.2, 0.25) is 0 Å². The molecule has 18 heavy (non-hydrogen) atoms. The van der Waals surface area contributed by atoms with Gasteiger partial charge in [0.25, 0.3) is 0 Å². The minimum absolute atomic E-state index is 0.0201. The van der Waals surface area contributed by atoms with Crippen LogP contribution in [0.3, 0.4) is 0 Å². The lowest BCUT2D eigenvalue weighted by atomic mass is 9.83. The Hall–Kier alpha value is -1.74. The topological polar surface area (TPSA) is 56.0 Å². The maximum atomic E-state index is 12.3. The van der Waals surface area contributed by atoms with Gasteiger partial charge in [0, 0.05) is 17.1 Å². The first-order valence-corrected chi connectivity index (χ1v) is 6.04. The normalized spacial score (nSPS) is 13.6. The monoisotopic (exact) mass is 242 g/mol. The van der Waals surface area contributed by atoms with Crippen LogP contribution in [0, 0.1) is 5.41 Å². The predicted octanol–water partition coefficient (Wildman–Crippen LogP) is 2.79. The number of aromatic nitrogens is 1. The first-order chi connectivity index (χ1) is 8.39. The number of pyridine rings is 1. The molecule has 0 fully saturated rings. The first-order valence-electron chi connectivity index (χ1n) is 6.04. The highest BCUT2D eigenvalue weighted by molar-refractivity contribution is 6.02. The van der Waals surface area contributed by atoms with Crippen molar-refractivity contribution in [2.45, 2.75) is 26.8 Å². The minimum atomic E-state index is -0.494. The van der Waals surface area contributed by atoms with Gasteiger partial charge >= 0.3 is 0 Å². The Morgan fingerprint density at radius 1 is 1.28 bits per heavy atom. The molecule has 1 atom stereocenters. The molecule has 3 nitrogen and oxygen atoms in total. The molecule has 0 bridgehead atoms. The van der Waals surface area contributed by atoms with E-state index in [4.69, 9.17) is 5.73 Å². The lowest BCUT2D eigenvalue weighted by Crippen LogP contribution is -2.42. The molecule has 1 heterocycles. The second kappa shape index (κ2) is 4.50. The lowest BCUT2D eigenvalue weighted by molar-refractivity contribution is 0.0901. The maximum Gasteiger partial charge on any atom is 0.180 e. The third kappa shape index (κ3) is 2.41. The molecule has 1 aromatic heterocycles. The van der Waals surface area contributed by atoms with Gasteiger partial charge in [0.1, 0.15) is 0 Å². The van der Waals surface area contributed by atoms with Gasteiger partial charge in [-0.3, -0.25) is 9.78 Å². The number of nitrogens with two attached hydrogens (primary N) is 1. The molecule has 0 spiro atoms. The average molecular weight is 242 g/mol. The molecule has 2 rings (SSSR count). The molecule has 0 aliphatic carbocycles. The van der Waals surface area contributed by atoms with Crippen LogP contribution in [-0.2, 0) is 0 Å². The Kier molecular flexibility index (Phi) is 3.18. The Bertz CT molecular complexity index is 584. The highest BCUT2D eigenvalue weighted by Gasteiger charge is 2.28. The zero-order valence-electron chi connectivity index (χ0n) is 11.0. The zero-order chi connectivity index (χ0) is 13.3. The van der Waals surface area contributed by atoms with E-state index in [1.807, 2.05) is 45.0 Å². The predicted molar refractivity (Wildman–Crippen MR) is 73.5 cm³/mol. The van der Waals surface area contributed by atoms with E-state index < -0.39 is 6.04 Å². The van der Waals surface area contributed by atoms with Crippen molar-refractivity contribution in [1.29, 1.82) is 0 Å². The van der Waals surface area contributed by atoms with Gasteiger partial charge in [-0.25, -0.2) is 0 Å². The largest absolute Gasteiger partial charge is 0.321 e. The van der Waals surface area contributed by atoms with Crippen molar-refractivity contribution in [3.05, 3.63) is 42.1 Å². The SMILES string of the molecule is CC(C)(C)C(N)C(=O)c1ccc2ncccc2c1. The fourth-order valence-corrected chi connectivity index (χ4v) is 1.80. The molecule has 0 saturated carbocycles. The summed E-state index contributed by atoms with van der Waals surface area (Å²) in [6.07, 6.45) is 1.74. The first kappa shape index (κ1) is 12.7. The number of nitrogens with zero attached hydrogens (tertiary/aromatic N) is 1.